The third kappa shape index (κ3) is 8.76. The van der Waals surface area contributed by atoms with Crippen LogP contribution in [0.15, 0.2) is 14.7 Å². The van der Waals surface area contributed by atoms with Gasteiger partial charge in [0, 0.05) is 19.3 Å². The van der Waals surface area contributed by atoms with Crippen molar-refractivity contribution in [3.05, 3.63) is 20.8 Å². The van der Waals surface area contributed by atoms with Crippen LogP contribution < -0.4 is 16.7 Å². The van der Waals surface area contributed by atoms with Crippen LogP contribution in [-0.2, 0) is 13.6 Å². The first-order valence-corrected chi connectivity index (χ1v) is 13.5. The number of hydrogen-bond donors (Lipinski definition) is 2. The summed E-state index contributed by atoms with van der Waals surface area (Å²) >= 11 is 0. The van der Waals surface area contributed by atoms with Gasteiger partial charge in [-0.25, -0.2) is 10.2 Å². The molecular weight excluding hydrogens is 428 g/mol. The van der Waals surface area contributed by atoms with Crippen LogP contribution in [0, 0.1) is 0 Å². The fourth-order valence-electron chi connectivity index (χ4n) is 4.23. The molecule has 0 saturated heterocycles. The van der Waals surface area contributed by atoms with Gasteiger partial charge in [-0.15, -0.1) is 0 Å². The van der Waals surface area contributed by atoms with E-state index in [2.05, 4.69) is 27.4 Å². The number of imidazole rings is 1. The second-order valence-corrected chi connectivity index (χ2v) is 9.49. The van der Waals surface area contributed by atoms with Crippen molar-refractivity contribution < 1.29 is 0 Å². The van der Waals surface area contributed by atoms with Crippen molar-refractivity contribution >= 4 is 22.8 Å². The van der Waals surface area contributed by atoms with E-state index in [1.165, 1.54) is 81.6 Å². The maximum Gasteiger partial charge on any atom is 0.329 e. The van der Waals surface area contributed by atoms with Gasteiger partial charge in [0.2, 0.25) is 5.95 Å². The van der Waals surface area contributed by atoms with Crippen molar-refractivity contribution in [2.45, 2.75) is 124 Å². The number of fused-ring (bicyclic) bond motifs is 1. The number of aromatic amines is 1. The second kappa shape index (κ2) is 15.5. The topological polar surface area (TPSA) is 97.1 Å². The molecule has 0 aliphatic carbocycles. The molecule has 2 aromatic rings. The van der Waals surface area contributed by atoms with E-state index in [-0.39, 0.29) is 0 Å². The van der Waals surface area contributed by atoms with Crippen molar-refractivity contribution in [2.75, 3.05) is 5.43 Å². The molecule has 192 valence electrons. The number of unbranched alkanes of at least 4 members (excludes halogenated alkanes) is 13. The minimum absolute atomic E-state index is 0.381. The minimum atomic E-state index is -0.460. The van der Waals surface area contributed by atoms with Crippen LogP contribution in [0.2, 0.25) is 0 Å². The Hall–Kier alpha value is -2.38. The summed E-state index contributed by atoms with van der Waals surface area (Å²) in [5, 5.41) is 4.35. The standard InChI is InChI=1S/C26H46N6O2/c1-5-7-8-9-10-11-12-13-14-15-16-17-18-19-20-32-22-23(31(4)26(34)28-24(22)33)27-25(32)30-29-21(3)6-2/h5-20H2,1-4H3,(H,27,30)(H,28,33,34)/b29-21-. The molecule has 2 N–H and O–H groups in total. The molecule has 0 bridgehead atoms. The first kappa shape index (κ1) is 27.9. The van der Waals surface area contributed by atoms with Gasteiger partial charge in [-0.1, -0.05) is 97.3 Å². The summed E-state index contributed by atoms with van der Waals surface area (Å²) in [5.41, 5.74) is 3.88. The molecule has 8 nitrogen and oxygen atoms in total. The predicted molar refractivity (Wildman–Crippen MR) is 143 cm³/mol. The molecule has 0 spiro atoms. The van der Waals surface area contributed by atoms with E-state index in [4.69, 9.17) is 0 Å². The quantitative estimate of drug-likeness (QED) is 0.155. The highest BCUT2D eigenvalue weighted by Gasteiger charge is 2.17. The molecule has 8 heteroatoms. The Morgan fingerprint density at radius 3 is 1.94 bits per heavy atom. The molecule has 2 heterocycles. The van der Waals surface area contributed by atoms with E-state index < -0.39 is 11.2 Å². The molecule has 0 aliphatic heterocycles. The van der Waals surface area contributed by atoms with Crippen LogP contribution in [0.1, 0.15) is 117 Å². The minimum Gasteiger partial charge on any atom is -0.303 e. The number of anilines is 1. The predicted octanol–water partition coefficient (Wildman–Crippen LogP) is 6.10. The van der Waals surface area contributed by atoms with E-state index in [0.717, 1.165) is 25.0 Å². The molecule has 2 aromatic heterocycles. The van der Waals surface area contributed by atoms with Gasteiger partial charge in [-0.2, -0.15) is 10.1 Å². The van der Waals surface area contributed by atoms with Crippen molar-refractivity contribution in [3.63, 3.8) is 0 Å². The fourth-order valence-corrected chi connectivity index (χ4v) is 4.23. The average Bonchev–Trinajstić information content (AvgIpc) is 3.20. The highest BCUT2D eigenvalue weighted by molar-refractivity contribution is 5.82. The molecule has 0 unspecified atom stereocenters. The molecule has 0 aliphatic rings. The lowest BCUT2D eigenvalue weighted by Crippen LogP contribution is -2.29. The molecule has 0 fully saturated rings. The van der Waals surface area contributed by atoms with Gasteiger partial charge in [0.1, 0.15) is 0 Å². The number of rotatable bonds is 18. The second-order valence-electron chi connectivity index (χ2n) is 9.49. The van der Waals surface area contributed by atoms with Crippen molar-refractivity contribution in [1.29, 1.82) is 0 Å². The van der Waals surface area contributed by atoms with Crippen molar-refractivity contribution in [3.8, 4) is 0 Å². The van der Waals surface area contributed by atoms with Gasteiger partial charge in [-0.3, -0.25) is 14.3 Å². The summed E-state index contributed by atoms with van der Waals surface area (Å²) in [7, 11) is 1.62. The fraction of sp³-hybridized carbons (Fsp3) is 0.769. The summed E-state index contributed by atoms with van der Waals surface area (Å²) in [6.45, 7) is 6.91. The molecule has 0 atom stereocenters. The zero-order chi connectivity index (χ0) is 24.8. The van der Waals surface area contributed by atoms with Gasteiger partial charge in [-0.05, 0) is 19.8 Å². The Balaban J connectivity index is 1.78. The Bertz CT molecular complexity index is 1000. The average molecular weight is 475 g/mol. The number of aromatic nitrogens is 4. The lowest BCUT2D eigenvalue weighted by molar-refractivity contribution is 0.526. The van der Waals surface area contributed by atoms with Crippen LogP contribution in [0.5, 0.6) is 0 Å². The Kier molecular flexibility index (Phi) is 12.7. The Morgan fingerprint density at radius 2 is 1.41 bits per heavy atom. The first-order chi connectivity index (χ1) is 16.5. The molecule has 2 rings (SSSR count). The van der Waals surface area contributed by atoms with Crippen LogP contribution in [0.25, 0.3) is 11.2 Å². The van der Waals surface area contributed by atoms with Crippen LogP contribution in [0.3, 0.4) is 0 Å². The monoisotopic (exact) mass is 474 g/mol. The maximum absolute atomic E-state index is 12.5. The largest absolute Gasteiger partial charge is 0.329 e. The molecule has 0 radical (unpaired) electrons. The van der Waals surface area contributed by atoms with Crippen molar-refractivity contribution in [1.82, 2.24) is 19.1 Å². The van der Waals surface area contributed by atoms with Gasteiger partial charge in [0.05, 0.1) is 0 Å². The lowest BCUT2D eigenvalue weighted by Gasteiger charge is -2.09. The summed E-state index contributed by atoms with van der Waals surface area (Å²) in [6.07, 6.45) is 19.1. The van der Waals surface area contributed by atoms with E-state index in [0.29, 0.717) is 23.7 Å². The van der Waals surface area contributed by atoms with Crippen molar-refractivity contribution in [2.24, 2.45) is 12.1 Å². The summed E-state index contributed by atoms with van der Waals surface area (Å²) in [6, 6.07) is 0. The number of H-pyrrole nitrogens is 1. The zero-order valence-electron chi connectivity index (χ0n) is 21.9. The van der Waals surface area contributed by atoms with Crippen LogP contribution in [-0.4, -0.2) is 24.8 Å². The number of nitrogens with zero attached hydrogens (tertiary/aromatic N) is 4. The molecular formula is C26H46N6O2. The number of hydrazone groups is 1. The highest BCUT2D eigenvalue weighted by Crippen LogP contribution is 2.18. The van der Waals surface area contributed by atoms with Crippen LogP contribution >= 0.6 is 0 Å². The number of hydrogen-bond acceptors (Lipinski definition) is 5. The van der Waals surface area contributed by atoms with E-state index >= 15 is 0 Å². The smallest absolute Gasteiger partial charge is 0.303 e. The van der Waals surface area contributed by atoms with E-state index in [1.807, 2.05) is 18.4 Å². The number of aryl methyl sites for hydroxylation is 2. The highest BCUT2D eigenvalue weighted by atomic mass is 16.2. The molecule has 0 amide bonds. The van der Waals surface area contributed by atoms with Gasteiger partial charge >= 0.3 is 5.69 Å². The maximum atomic E-state index is 12.5. The molecule has 0 saturated carbocycles. The molecule has 34 heavy (non-hydrogen) atoms. The van der Waals surface area contributed by atoms with E-state index in [9.17, 15) is 9.59 Å². The van der Waals surface area contributed by atoms with Crippen LogP contribution in [0.4, 0.5) is 5.95 Å². The van der Waals surface area contributed by atoms with Gasteiger partial charge < -0.3 is 4.57 Å². The molecule has 0 aromatic carbocycles. The first-order valence-electron chi connectivity index (χ1n) is 13.5. The lowest BCUT2D eigenvalue weighted by atomic mass is 10.0. The summed E-state index contributed by atoms with van der Waals surface area (Å²) in [5.74, 6) is 0.504. The third-order valence-electron chi connectivity index (χ3n) is 6.60. The third-order valence-corrected chi connectivity index (χ3v) is 6.60. The van der Waals surface area contributed by atoms with Gasteiger partial charge in [0.15, 0.2) is 11.2 Å². The Labute approximate surface area is 204 Å². The zero-order valence-corrected chi connectivity index (χ0v) is 21.9. The summed E-state index contributed by atoms with van der Waals surface area (Å²) in [4.78, 5) is 31.4. The number of nitrogens with one attached hydrogen (secondary N) is 2. The SMILES string of the molecule is CCCCCCCCCCCCCCCCn1c(N/N=C(/C)CC)nc2c1c(=O)[nH]c(=O)n2C. The van der Waals surface area contributed by atoms with E-state index in [1.54, 1.807) is 7.05 Å². The summed E-state index contributed by atoms with van der Waals surface area (Å²) < 4.78 is 3.24. The Morgan fingerprint density at radius 1 is 0.882 bits per heavy atom. The van der Waals surface area contributed by atoms with Gasteiger partial charge in [0.25, 0.3) is 5.56 Å². The normalized spacial score (nSPS) is 12.1.